The van der Waals surface area contributed by atoms with Gasteiger partial charge >= 0.3 is 0 Å². The fraction of sp³-hybridized carbons (Fsp3) is 0.750. The van der Waals surface area contributed by atoms with Crippen LogP contribution in [0.5, 0.6) is 0 Å². The van der Waals surface area contributed by atoms with E-state index in [-0.39, 0.29) is 0 Å². The minimum absolute atomic E-state index is 0.793. The largest absolute Gasteiger partial charge is 0.317 e. The summed E-state index contributed by atoms with van der Waals surface area (Å²) in [7, 11) is 2.13. The van der Waals surface area contributed by atoms with Gasteiger partial charge in [0.15, 0.2) is 0 Å². The zero-order chi connectivity index (χ0) is 17.6. The first-order valence-corrected chi connectivity index (χ1v) is 11.0. The molecule has 2 aliphatic carbocycles. The predicted octanol–water partition coefficient (Wildman–Crippen LogP) is 6.33. The Morgan fingerprint density at radius 2 is 1.44 bits per heavy atom. The second-order valence-electron chi connectivity index (χ2n) is 8.97. The van der Waals surface area contributed by atoms with Crippen LogP contribution >= 0.6 is 0 Å². The Balaban J connectivity index is 1.47. The molecule has 3 rings (SSSR count). The summed E-state index contributed by atoms with van der Waals surface area (Å²) in [6.45, 7) is 4.65. The highest BCUT2D eigenvalue weighted by atomic mass is 14.9. The third-order valence-electron chi connectivity index (χ3n) is 7.35. The van der Waals surface area contributed by atoms with Gasteiger partial charge in [0.05, 0.1) is 0 Å². The fourth-order valence-corrected chi connectivity index (χ4v) is 5.28. The molecule has 1 aromatic rings. The molecule has 0 saturated heterocycles. The molecule has 0 radical (unpaired) electrons. The van der Waals surface area contributed by atoms with Crippen LogP contribution in [0.2, 0.25) is 0 Å². The standard InChI is InChI=1S/C24H39N/c1-4-18(2)17-19-5-7-20(8-6-19)21-9-11-22(12-10-21)23-13-15-24(25-3)16-14-23/h5-8,18,21-25H,4,9-17H2,1-3H3/t18-,21?,22?,23?,24?/m1/s1. The van der Waals surface area contributed by atoms with Gasteiger partial charge in [-0.1, -0.05) is 44.5 Å². The molecule has 1 heteroatoms. The highest BCUT2D eigenvalue weighted by molar-refractivity contribution is 5.26. The van der Waals surface area contributed by atoms with Gasteiger partial charge in [-0.05, 0) is 99.6 Å². The Bertz CT molecular complexity index is 489. The average molecular weight is 342 g/mol. The predicted molar refractivity (Wildman–Crippen MR) is 109 cm³/mol. The first-order valence-electron chi connectivity index (χ1n) is 11.0. The van der Waals surface area contributed by atoms with Crippen molar-refractivity contribution in [2.75, 3.05) is 7.05 Å². The van der Waals surface area contributed by atoms with Crippen LogP contribution in [0.15, 0.2) is 24.3 Å². The number of hydrogen-bond donors (Lipinski definition) is 1. The van der Waals surface area contributed by atoms with E-state index in [0.717, 1.165) is 29.7 Å². The van der Waals surface area contributed by atoms with E-state index in [0.29, 0.717) is 0 Å². The molecule has 0 aromatic heterocycles. The lowest BCUT2D eigenvalue weighted by Gasteiger charge is -2.38. The molecule has 0 unspecified atom stereocenters. The molecule has 1 atom stereocenters. The first kappa shape index (κ1) is 19.0. The van der Waals surface area contributed by atoms with E-state index < -0.39 is 0 Å². The molecular formula is C24H39N. The normalized spacial score (nSPS) is 31.6. The summed E-state index contributed by atoms with van der Waals surface area (Å²) >= 11 is 0. The monoisotopic (exact) mass is 341 g/mol. The van der Waals surface area contributed by atoms with Crippen molar-refractivity contribution in [3.63, 3.8) is 0 Å². The molecule has 0 spiro atoms. The summed E-state index contributed by atoms with van der Waals surface area (Å²) in [4.78, 5) is 0. The van der Waals surface area contributed by atoms with Crippen molar-refractivity contribution >= 4 is 0 Å². The quantitative estimate of drug-likeness (QED) is 0.637. The van der Waals surface area contributed by atoms with Crippen LogP contribution < -0.4 is 5.32 Å². The molecular weight excluding hydrogens is 302 g/mol. The second kappa shape index (κ2) is 9.21. The summed E-state index contributed by atoms with van der Waals surface area (Å²) in [6.07, 6.45) is 14.0. The van der Waals surface area contributed by atoms with Gasteiger partial charge in [-0.25, -0.2) is 0 Å². The Hall–Kier alpha value is -0.820. The maximum Gasteiger partial charge on any atom is 0.00642 e. The van der Waals surface area contributed by atoms with E-state index in [9.17, 15) is 0 Å². The molecule has 0 bridgehead atoms. The molecule has 2 fully saturated rings. The van der Waals surface area contributed by atoms with E-state index in [1.54, 1.807) is 5.56 Å². The van der Waals surface area contributed by atoms with Gasteiger partial charge < -0.3 is 5.32 Å². The Morgan fingerprint density at radius 3 is 1.96 bits per heavy atom. The van der Waals surface area contributed by atoms with Crippen molar-refractivity contribution < 1.29 is 0 Å². The highest BCUT2D eigenvalue weighted by Gasteiger charge is 2.30. The van der Waals surface area contributed by atoms with Gasteiger partial charge in [0.1, 0.15) is 0 Å². The van der Waals surface area contributed by atoms with Crippen molar-refractivity contribution in [3.8, 4) is 0 Å². The maximum absolute atomic E-state index is 3.48. The van der Waals surface area contributed by atoms with E-state index >= 15 is 0 Å². The van der Waals surface area contributed by atoms with Gasteiger partial charge in [-0.2, -0.15) is 0 Å². The second-order valence-corrected chi connectivity index (χ2v) is 8.97. The fourth-order valence-electron chi connectivity index (χ4n) is 5.28. The minimum atomic E-state index is 0.793. The van der Waals surface area contributed by atoms with Crippen LogP contribution in [0.1, 0.15) is 88.7 Å². The van der Waals surface area contributed by atoms with Gasteiger partial charge in [-0.3, -0.25) is 0 Å². The van der Waals surface area contributed by atoms with Crippen molar-refractivity contribution in [1.82, 2.24) is 5.32 Å². The van der Waals surface area contributed by atoms with Crippen molar-refractivity contribution in [3.05, 3.63) is 35.4 Å². The molecule has 0 heterocycles. The number of benzene rings is 1. The smallest absolute Gasteiger partial charge is 0.00642 e. The lowest BCUT2D eigenvalue weighted by Crippen LogP contribution is -2.33. The summed E-state index contributed by atoms with van der Waals surface area (Å²) in [5.74, 6) is 3.66. The number of nitrogens with one attached hydrogen (secondary N) is 1. The molecule has 2 saturated carbocycles. The molecule has 1 nitrogen and oxygen atoms in total. The molecule has 140 valence electrons. The highest BCUT2D eigenvalue weighted by Crippen LogP contribution is 2.43. The Morgan fingerprint density at radius 1 is 0.880 bits per heavy atom. The minimum Gasteiger partial charge on any atom is -0.317 e. The Labute approximate surface area is 156 Å². The third kappa shape index (κ3) is 5.09. The van der Waals surface area contributed by atoms with Gasteiger partial charge in [0.2, 0.25) is 0 Å². The Kier molecular flexibility index (Phi) is 6.99. The van der Waals surface area contributed by atoms with Crippen LogP contribution in [-0.2, 0) is 6.42 Å². The molecule has 0 amide bonds. The summed E-state index contributed by atoms with van der Waals surface area (Å²) in [5.41, 5.74) is 3.12. The van der Waals surface area contributed by atoms with Crippen LogP contribution in [0, 0.1) is 17.8 Å². The molecule has 1 N–H and O–H groups in total. The van der Waals surface area contributed by atoms with Gasteiger partial charge in [-0.15, -0.1) is 0 Å². The molecule has 1 aromatic carbocycles. The lowest BCUT2D eigenvalue weighted by molar-refractivity contribution is 0.171. The van der Waals surface area contributed by atoms with Crippen molar-refractivity contribution in [2.45, 2.75) is 90.0 Å². The third-order valence-corrected chi connectivity index (χ3v) is 7.35. The van der Waals surface area contributed by atoms with E-state index in [2.05, 4.69) is 50.5 Å². The SMILES string of the molecule is CC[C@@H](C)Cc1ccc(C2CCC(C3CCC(NC)CC3)CC2)cc1. The lowest BCUT2D eigenvalue weighted by atomic mass is 9.69. The topological polar surface area (TPSA) is 12.0 Å². The molecule has 0 aliphatic heterocycles. The number of rotatable bonds is 6. The first-order chi connectivity index (χ1) is 12.2. The molecule has 2 aliphatic rings. The van der Waals surface area contributed by atoms with Crippen molar-refractivity contribution in [2.24, 2.45) is 17.8 Å². The van der Waals surface area contributed by atoms with E-state index in [1.165, 1.54) is 69.8 Å². The maximum atomic E-state index is 3.48. The van der Waals surface area contributed by atoms with E-state index in [1.807, 2.05) is 0 Å². The average Bonchev–Trinajstić information content (AvgIpc) is 2.69. The molecule has 25 heavy (non-hydrogen) atoms. The van der Waals surface area contributed by atoms with Crippen molar-refractivity contribution in [1.29, 1.82) is 0 Å². The van der Waals surface area contributed by atoms with Gasteiger partial charge in [0, 0.05) is 6.04 Å². The van der Waals surface area contributed by atoms with Crippen LogP contribution in [0.25, 0.3) is 0 Å². The van der Waals surface area contributed by atoms with Crippen LogP contribution in [0.4, 0.5) is 0 Å². The van der Waals surface area contributed by atoms with Crippen LogP contribution in [-0.4, -0.2) is 13.1 Å². The van der Waals surface area contributed by atoms with E-state index in [4.69, 9.17) is 0 Å². The zero-order valence-corrected chi connectivity index (χ0v) is 16.8. The summed E-state index contributed by atoms with van der Waals surface area (Å²) in [5, 5.41) is 3.48. The van der Waals surface area contributed by atoms with Crippen LogP contribution in [0.3, 0.4) is 0 Å². The van der Waals surface area contributed by atoms with Gasteiger partial charge in [0.25, 0.3) is 0 Å². The number of hydrogen-bond acceptors (Lipinski definition) is 1. The summed E-state index contributed by atoms with van der Waals surface area (Å²) < 4.78 is 0. The zero-order valence-electron chi connectivity index (χ0n) is 16.8. The summed E-state index contributed by atoms with van der Waals surface area (Å²) in [6, 6.07) is 10.4.